The van der Waals surface area contributed by atoms with Crippen LogP contribution in [0.5, 0.6) is 0 Å². The molecule has 1 saturated carbocycles. The van der Waals surface area contributed by atoms with Gasteiger partial charge in [-0.3, -0.25) is 9.59 Å². The molecule has 1 aliphatic heterocycles. The fourth-order valence-electron chi connectivity index (χ4n) is 3.49. The van der Waals surface area contributed by atoms with Crippen LogP contribution in [0.25, 0.3) is 0 Å². The third-order valence-corrected chi connectivity index (χ3v) is 4.97. The Balaban J connectivity index is 1.41. The van der Waals surface area contributed by atoms with E-state index in [1.165, 1.54) is 12.0 Å². The van der Waals surface area contributed by atoms with Crippen LogP contribution in [0.4, 0.5) is 0 Å². The zero-order valence-corrected chi connectivity index (χ0v) is 13.8. The second kappa shape index (κ2) is 7.16. The lowest BCUT2D eigenvalue weighted by atomic mass is 10.00. The molecule has 4 heteroatoms. The number of rotatable bonds is 5. The summed E-state index contributed by atoms with van der Waals surface area (Å²) in [6, 6.07) is 10.1. The van der Waals surface area contributed by atoms with Crippen molar-refractivity contribution in [1.82, 2.24) is 10.2 Å². The minimum absolute atomic E-state index is 0.0457. The molecule has 2 fully saturated rings. The molecule has 3 rings (SSSR count). The summed E-state index contributed by atoms with van der Waals surface area (Å²) in [5.41, 5.74) is 1.22. The molecular weight excluding hydrogens is 288 g/mol. The molecular formula is C19H26N2O2. The van der Waals surface area contributed by atoms with E-state index in [2.05, 4.69) is 24.4 Å². The van der Waals surface area contributed by atoms with Gasteiger partial charge in [0.1, 0.15) is 0 Å². The van der Waals surface area contributed by atoms with E-state index in [-0.39, 0.29) is 23.7 Å². The first kappa shape index (κ1) is 16.0. The Morgan fingerprint density at radius 2 is 2.00 bits per heavy atom. The highest BCUT2D eigenvalue weighted by Gasteiger charge is 2.49. The van der Waals surface area contributed by atoms with Gasteiger partial charge in [0.05, 0.1) is 11.8 Å². The molecule has 2 aliphatic rings. The first-order valence-electron chi connectivity index (χ1n) is 8.75. The smallest absolute Gasteiger partial charge is 0.226 e. The van der Waals surface area contributed by atoms with Crippen LogP contribution in [0.2, 0.25) is 0 Å². The number of hydrogen-bond donors (Lipinski definition) is 1. The van der Waals surface area contributed by atoms with E-state index in [1.54, 1.807) is 0 Å². The maximum Gasteiger partial charge on any atom is 0.226 e. The van der Waals surface area contributed by atoms with Gasteiger partial charge in [-0.25, -0.2) is 0 Å². The second-order valence-corrected chi connectivity index (χ2v) is 7.01. The van der Waals surface area contributed by atoms with Gasteiger partial charge in [0.15, 0.2) is 0 Å². The number of carbonyl (C=O) groups is 2. The van der Waals surface area contributed by atoms with Crippen molar-refractivity contribution in [2.45, 2.75) is 32.6 Å². The Bertz CT molecular complexity index is 558. The highest BCUT2D eigenvalue weighted by Crippen LogP contribution is 2.40. The number of carbonyl (C=O) groups excluding carboxylic acids is 2. The Labute approximate surface area is 138 Å². The van der Waals surface area contributed by atoms with Crippen molar-refractivity contribution in [2.75, 3.05) is 19.6 Å². The van der Waals surface area contributed by atoms with Gasteiger partial charge in [-0.2, -0.15) is 0 Å². The van der Waals surface area contributed by atoms with Crippen molar-refractivity contribution in [3.63, 3.8) is 0 Å². The van der Waals surface area contributed by atoms with Gasteiger partial charge >= 0.3 is 0 Å². The SMILES string of the molecule is CC1CCCN(C(=O)C2CC2C(=O)NCCc2ccccc2)C1. The molecule has 0 aromatic heterocycles. The van der Waals surface area contributed by atoms with Crippen molar-refractivity contribution in [2.24, 2.45) is 17.8 Å². The van der Waals surface area contributed by atoms with Crippen LogP contribution in [0.15, 0.2) is 30.3 Å². The number of nitrogens with one attached hydrogen (secondary N) is 1. The Kier molecular flexibility index (Phi) is 4.99. The third kappa shape index (κ3) is 4.12. The van der Waals surface area contributed by atoms with E-state index < -0.39 is 0 Å². The molecule has 1 aromatic carbocycles. The Hall–Kier alpha value is -1.84. The monoisotopic (exact) mass is 314 g/mol. The predicted octanol–water partition coefficient (Wildman–Crippen LogP) is 2.24. The number of amides is 2. The topological polar surface area (TPSA) is 49.4 Å². The summed E-state index contributed by atoms with van der Waals surface area (Å²) in [6.07, 6.45) is 3.86. The van der Waals surface area contributed by atoms with Gasteiger partial charge < -0.3 is 10.2 Å². The Morgan fingerprint density at radius 3 is 2.74 bits per heavy atom. The largest absolute Gasteiger partial charge is 0.356 e. The van der Waals surface area contributed by atoms with Crippen LogP contribution in [0.3, 0.4) is 0 Å². The van der Waals surface area contributed by atoms with Gasteiger partial charge in [-0.15, -0.1) is 0 Å². The molecule has 0 spiro atoms. The fraction of sp³-hybridized carbons (Fsp3) is 0.579. The van der Waals surface area contributed by atoms with Crippen LogP contribution in [-0.2, 0) is 16.0 Å². The van der Waals surface area contributed by atoms with Gasteiger partial charge in [-0.1, -0.05) is 37.3 Å². The molecule has 1 saturated heterocycles. The molecule has 2 amide bonds. The molecule has 124 valence electrons. The van der Waals surface area contributed by atoms with Crippen molar-refractivity contribution in [3.05, 3.63) is 35.9 Å². The zero-order chi connectivity index (χ0) is 16.2. The number of nitrogens with zero attached hydrogens (tertiary/aromatic N) is 1. The van der Waals surface area contributed by atoms with Crippen molar-refractivity contribution < 1.29 is 9.59 Å². The molecule has 3 unspecified atom stereocenters. The lowest BCUT2D eigenvalue weighted by Gasteiger charge is -2.31. The van der Waals surface area contributed by atoms with E-state index in [0.29, 0.717) is 12.5 Å². The predicted molar refractivity (Wildman–Crippen MR) is 89.7 cm³/mol. The summed E-state index contributed by atoms with van der Waals surface area (Å²) in [5.74, 6) is 0.654. The maximum atomic E-state index is 12.5. The first-order chi connectivity index (χ1) is 11.1. The van der Waals surface area contributed by atoms with E-state index in [4.69, 9.17) is 0 Å². The van der Waals surface area contributed by atoms with E-state index in [9.17, 15) is 9.59 Å². The fourth-order valence-corrected chi connectivity index (χ4v) is 3.49. The van der Waals surface area contributed by atoms with Crippen LogP contribution in [-0.4, -0.2) is 36.3 Å². The van der Waals surface area contributed by atoms with E-state index >= 15 is 0 Å². The minimum atomic E-state index is -0.101. The number of likely N-dealkylation sites (tertiary alicyclic amines) is 1. The normalized spacial score (nSPS) is 26.7. The number of benzene rings is 1. The van der Waals surface area contributed by atoms with Crippen LogP contribution < -0.4 is 5.32 Å². The van der Waals surface area contributed by atoms with Gasteiger partial charge in [-0.05, 0) is 37.2 Å². The standard InChI is InChI=1S/C19H26N2O2/c1-14-6-5-11-21(13-14)19(23)17-12-16(17)18(22)20-10-9-15-7-3-2-4-8-15/h2-4,7-8,14,16-17H,5-6,9-13H2,1H3,(H,20,22). The van der Waals surface area contributed by atoms with Crippen molar-refractivity contribution >= 4 is 11.8 Å². The average molecular weight is 314 g/mol. The second-order valence-electron chi connectivity index (χ2n) is 7.01. The quantitative estimate of drug-likeness (QED) is 0.906. The molecule has 23 heavy (non-hydrogen) atoms. The molecule has 0 bridgehead atoms. The van der Waals surface area contributed by atoms with Gasteiger partial charge in [0.25, 0.3) is 0 Å². The summed E-state index contributed by atoms with van der Waals surface area (Å²) >= 11 is 0. The highest BCUT2D eigenvalue weighted by atomic mass is 16.2. The third-order valence-electron chi connectivity index (χ3n) is 4.97. The summed E-state index contributed by atoms with van der Waals surface area (Å²) < 4.78 is 0. The lowest BCUT2D eigenvalue weighted by Crippen LogP contribution is -2.41. The lowest BCUT2D eigenvalue weighted by molar-refractivity contribution is -0.136. The first-order valence-corrected chi connectivity index (χ1v) is 8.75. The molecule has 1 N–H and O–H groups in total. The Morgan fingerprint density at radius 1 is 1.22 bits per heavy atom. The average Bonchev–Trinajstić information content (AvgIpc) is 3.36. The molecule has 3 atom stereocenters. The molecule has 4 nitrogen and oxygen atoms in total. The molecule has 0 radical (unpaired) electrons. The maximum absolute atomic E-state index is 12.5. The number of hydrogen-bond acceptors (Lipinski definition) is 2. The zero-order valence-electron chi connectivity index (χ0n) is 13.8. The van der Waals surface area contributed by atoms with Crippen molar-refractivity contribution in [3.8, 4) is 0 Å². The molecule has 1 aliphatic carbocycles. The summed E-state index contributed by atoms with van der Waals surface area (Å²) in [7, 11) is 0. The number of piperidine rings is 1. The van der Waals surface area contributed by atoms with Gasteiger partial charge in [0, 0.05) is 19.6 Å². The molecule has 1 aromatic rings. The van der Waals surface area contributed by atoms with Crippen molar-refractivity contribution in [1.29, 1.82) is 0 Å². The van der Waals surface area contributed by atoms with E-state index in [0.717, 1.165) is 32.4 Å². The van der Waals surface area contributed by atoms with Gasteiger partial charge in [0.2, 0.25) is 11.8 Å². The highest BCUT2D eigenvalue weighted by molar-refractivity contribution is 5.92. The van der Waals surface area contributed by atoms with Crippen LogP contribution >= 0.6 is 0 Å². The van der Waals surface area contributed by atoms with E-state index in [1.807, 2.05) is 23.1 Å². The summed E-state index contributed by atoms with van der Waals surface area (Å²) in [4.78, 5) is 26.6. The minimum Gasteiger partial charge on any atom is -0.356 e. The van der Waals surface area contributed by atoms with Crippen LogP contribution in [0.1, 0.15) is 31.7 Å². The summed E-state index contributed by atoms with van der Waals surface area (Å²) in [6.45, 7) is 4.56. The van der Waals surface area contributed by atoms with Crippen LogP contribution in [0, 0.1) is 17.8 Å². The summed E-state index contributed by atoms with van der Waals surface area (Å²) in [5, 5.41) is 2.98. The molecule has 1 heterocycles.